The van der Waals surface area contributed by atoms with Crippen molar-refractivity contribution in [3.05, 3.63) is 24.0 Å². The number of nitrogens with one attached hydrogen (secondary N) is 1. The highest BCUT2D eigenvalue weighted by molar-refractivity contribution is 6.07. The number of imidazole rings is 1. The number of carbonyl (C=O) groups is 2. The van der Waals surface area contributed by atoms with Crippen molar-refractivity contribution in [3.63, 3.8) is 0 Å². The van der Waals surface area contributed by atoms with Crippen LogP contribution in [-0.4, -0.2) is 233 Å². The number of amides is 1. The van der Waals surface area contributed by atoms with Crippen molar-refractivity contribution in [1.29, 1.82) is 0 Å². The fraction of sp³-hybridized carbons (Fsp3) is 0.745. The van der Waals surface area contributed by atoms with E-state index in [1.54, 1.807) is 12.0 Å². The van der Waals surface area contributed by atoms with Crippen LogP contribution in [0.15, 0.2) is 18.2 Å². The quantitative estimate of drug-likeness (QED) is 0.0692. The maximum Gasteiger partial charge on any atom is 0.305 e. The number of aryl methyl sites for hydroxylation is 1. The van der Waals surface area contributed by atoms with Gasteiger partial charge in [-0.2, -0.15) is 0 Å². The number of nitrogen functional groups attached to an aromatic ring is 1. The van der Waals surface area contributed by atoms with Crippen molar-refractivity contribution in [1.82, 2.24) is 24.8 Å². The second-order valence-corrected chi connectivity index (χ2v) is 15.9. The van der Waals surface area contributed by atoms with Crippen LogP contribution in [0.4, 0.5) is 11.5 Å². The summed E-state index contributed by atoms with van der Waals surface area (Å²) in [4.78, 5) is 43.1. The highest BCUT2D eigenvalue weighted by Gasteiger charge is 2.20. The first-order valence-corrected chi connectivity index (χ1v) is 24.2. The minimum Gasteiger partial charge on any atom is -0.481 e. The molecule has 3 heterocycles. The molecular weight excluding hydrogens is 887 g/mol. The number of H-pyrrole nitrogens is 1. The molecule has 0 spiro atoms. The number of fused-ring (bicyclic) bond motifs is 3. The summed E-state index contributed by atoms with van der Waals surface area (Å²) in [6.07, 6.45) is 3.32. The van der Waals surface area contributed by atoms with Crippen molar-refractivity contribution >= 4 is 45.3 Å². The van der Waals surface area contributed by atoms with Crippen LogP contribution in [0, 0.1) is 0 Å². The minimum absolute atomic E-state index is 0.00553. The van der Waals surface area contributed by atoms with Gasteiger partial charge in [-0.3, -0.25) is 14.5 Å². The van der Waals surface area contributed by atoms with E-state index < -0.39 is 5.97 Å². The first-order chi connectivity index (χ1) is 33.4. The van der Waals surface area contributed by atoms with Gasteiger partial charge in [-0.25, -0.2) is 9.97 Å². The number of hydrogen-bond donors (Lipinski definition) is 3. The Morgan fingerprint density at radius 2 is 1.16 bits per heavy atom. The normalized spacial score (nSPS) is 13.4. The Balaban J connectivity index is 0.989. The molecular formula is C47H79N7O14. The Labute approximate surface area is 401 Å². The lowest BCUT2D eigenvalue weighted by Gasteiger charge is -2.36. The minimum atomic E-state index is -0.881. The molecule has 4 N–H and O–H groups in total. The lowest BCUT2D eigenvalue weighted by Crippen LogP contribution is -2.47. The maximum atomic E-state index is 13.1. The molecule has 1 aliphatic heterocycles. The number of carboxylic acids is 1. The van der Waals surface area contributed by atoms with E-state index in [9.17, 15) is 9.59 Å². The van der Waals surface area contributed by atoms with Gasteiger partial charge in [0.05, 0.1) is 157 Å². The smallest absolute Gasteiger partial charge is 0.305 e. The van der Waals surface area contributed by atoms with Gasteiger partial charge in [0.2, 0.25) is 5.91 Å². The number of carbonyl (C=O) groups excluding carboxylic acids is 1. The molecule has 0 radical (unpaired) electrons. The molecule has 0 unspecified atom stereocenters. The van der Waals surface area contributed by atoms with E-state index in [0.29, 0.717) is 151 Å². The second-order valence-electron chi connectivity index (χ2n) is 15.9. The van der Waals surface area contributed by atoms with Crippen molar-refractivity contribution in [2.24, 2.45) is 0 Å². The number of aromatic amines is 1. The highest BCUT2D eigenvalue weighted by Crippen LogP contribution is 2.30. The van der Waals surface area contributed by atoms with Crippen LogP contribution < -0.4 is 10.6 Å². The Morgan fingerprint density at radius 3 is 1.69 bits per heavy atom. The third-order valence-corrected chi connectivity index (χ3v) is 10.9. The predicted octanol–water partition coefficient (Wildman–Crippen LogP) is 2.66. The molecule has 68 heavy (non-hydrogen) atoms. The number of benzene rings is 1. The maximum absolute atomic E-state index is 13.1. The number of aliphatic carboxylic acids is 1. The number of carboxylic acid groups (broad SMARTS) is 1. The van der Waals surface area contributed by atoms with E-state index in [0.717, 1.165) is 85.4 Å². The lowest BCUT2D eigenvalue weighted by molar-refractivity contribution is -0.138. The second kappa shape index (κ2) is 36.2. The molecule has 2 aromatic heterocycles. The molecule has 386 valence electrons. The predicted molar refractivity (Wildman–Crippen MR) is 257 cm³/mol. The lowest BCUT2D eigenvalue weighted by atomic mass is 10.1. The van der Waals surface area contributed by atoms with Gasteiger partial charge in [0.15, 0.2) is 0 Å². The Hall–Kier alpha value is -3.84. The molecule has 21 heteroatoms. The zero-order valence-electron chi connectivity index (χ0n) is 40.6. The van der Waals surface area contributed by atoms with Gasteiger partial charge >= 0.3 is 5.97 Å². The summed E-state index contributed by atoms with van der Waals surface area (Å²) in [5.74, 6) is 0.550. The first-order valence-electron chi connectivity index (χ1n) is 24.2. The zero-order chi connectivity index (χ0) is 48.3. The van der Waals surface area contributed by atoms with Crippen LogP contribution in [0.3, 0.4) is 0 Å². The number of nitrogens with zero attached hydrogens (tertiary/aromatic N) is 5. The number of methoxy groups -OCH3 is 1. The fourth-order valence-electron chi connectivity index (χ4n) is 7.06. The largest absolute Gasteiger partial charge is 0.481 e. The molecule has 0 atom stereocenters. The van der Waals surface area contributed by atoms with E-state index in [2.05, 4.69) is 38.8 Å². The molecule has 4 rings (SSSR count). The molecule has 0 bridgehead atoms. The number of unbranched alkanes of at least 4 members (excludes halogenated alkanes) is 1. The fourth-order valence-corrected chi connectivity index (χ4v) is 7.06. The number of ether oxygens (including phenoxy) is 11. The van der Waals surface area contributed by atoms with Crippen LogP contribution in [0.2, 0.25) is 0 Å². The van der Waals surface area contributed by atoms with Crippen LogP contribution >= 0.6 is 0 Å². The van der Waals surface area contributed by atoms with Gasteiger partial charge in [-0.15, -0.1) is 0 Å². The van der Waals surface area contributed by atoms with Crippen LogP contribution in [0.5, 0.6) is 0 Å². The van der Waals surface area contributed by atoms with Crippen molar-refractivity contribution in [2.75, 3.05) is 202 Å². The third kappa shape index (κ3) is 23.6. The SMILES string of the molecule is CCCCc1nc2c([nH]1)c(N)nc1ccc(N3CCN(CCOCCN(CCOCCOCCOCCOCCOCCOCCOCCOCCC(=O)O)C(=O)CCOCCOC)CC3)cc12. The molecule has 1 amide bonds. The Kier molecular flexibility index (Phi) is 30.2. The van der Waals surface area contributed by atoms with Gasteiger partial charge < -0.3 is 77.7 Å². The van der Waals surface area contributed by atoms with Gasteiger partial charge in [0.25, 0.3) is 0 Å². The third-order valence-electron chi connectivity index (χ3n) is 10.9. The number of piperazine rings is 1. The van der Waals surface area contributed by atoms with Crippen LogP contribution in [0.1, 0.15) is 38.4 Å². The molecule has 1 aromatic carbocycles. The Morgan fingerprint density at radius 1 is 0.662 bits per heavy atom. The number of nitrogens with two attached hydrogens (primary N) is 1. The van der Waals surface area contributed by atoms with Crippen LogP contribution in [-0.2, 0) is 68.1 Å². The van der Waals surface area contributed by atoms with Crippen molar-refractivity contribution < 1.29 is 66.8 Å². The highest BCUT2D eigenvalue weighted by atomic mass is 16.6. The zero-order valence-corrected chi connectivity index (χ0v) is 40.6. The summed E-state index contributed by atoms with van der Waals surface area (Å²) in [5.41, 5.74) is 10.0. The molecule has 1 aliphatic rings. The van der Waals surface area contributed by atoms with Crippen molar-refractivity contribution in [2.45, 2.75) is 39.0 Å². The molecule has 1 fully saturated rings. The molecule has 0 saturated carbocycles. The number of hydrogen-bond acceptors (Lipinski definition) is 18. The number of aromatic nitrogens is 3. The standard InChI is InChI=1S/C47H79N7O14/c1-3-4-5-42-50-45-40-38-39(6-7-41(40)49-47(48)46(45)51-42)53-12-10-52(11-13-53)14-19-61-20-15-54(43(55)8-17-59-23-22-58-2)16-21-62-25-27-64-29-31-66-33-35-68-37-36-67-34-32-65-30-28-63-26-24-60-18-9-44(56)57/h6-7,38H,3-5,8-37H2,1-2H3,(H2,48,49)(H,50,51)(H,56,57). The topological polar surface area (TPSA) is 233 Å². The molecule has 0 aliphatic carbocycles. The monoisotopic (exact) mass is 966 g/mol. The number of pyridine rings is 1. The van der Waals surface area contributed by atoms with E-state index in [-0.39, 0.29) is 25.4 Å². The number of anilines is 2. The van der Waals surface area contributed by atoms with E-state index >= 15 is 0 Å². The van der Waals surface area contributed by atoms with E-state index in [1.807, 2.05) is 6.07 Å². The van der Waals surface area contributed by atoms with E-state index in [1.165, 1.54) is 0 Å². The Bertz CT molecular complexity index is 1780. The number of rotatable bonds is 43. The summed E-state index contributed by atoms with van der Waals surface area (Å²) in [6.45, 7) is 16.4. The van der Waals surface area contributed by atoms with Gasteiger partial charge in [-0.05, 0) is 24.6 Å². The van der Waals surface area contributed by atoms with Crippen LogP contribution in [0.25, 0.3) is 21.9 Å². The average Bonchev–Trinajstić information content (AvgIpc) is 3.79. The summed E-state index contributed by atoms with van der Waals surface area (Å²) >= 11 is 0. The summed E-state index contributed by atoms with van der Waals surface area (Å²) < 4.78 is 60.5. The van der Waals surface area contributed by atoms with Gasteiger partial charge in [0, 0.05) is 70.4 Å². The molecule has 21 nitrogen and oxygen atoms in total. The first kappa shape index (κ1) is 56.7. The average molecular weight is 966 g/mol. The van der Waals surface area contributed by atoms with Gasteiger partial charge in [-0.1, -0.05) is 13.3 Å². The van der Waals surface area contributed by atoms with E-state index in [4.69, 9.17) is 67.9 Å². The molecule has 3 aromatic rings. The summed E-state index contributed by atoms with van der Waals surface area (Å²) in [7, 11) is 1.62. The molecule has 1 saturated heterocycles. The summed E-state index contributed by atoms with van der Waals surface area (Å²) in [5, 5.41) is 9.56. The van der Waals surface area contributed by atoms with Crippen molar-refractivity contribution in [3.8, 4) is 0 Å². The van der Waals surface area contributed by atoms with Gasteiger partial charge in [0.1, 0.15) is 22.7 Å². The summed E-state index contributed by atoms with van der Waals surface area (Å²) in [6, 6.07) is 6.36.